The predicted octanol–water partition coefficient (Wildman–Crippen LogP) is 3.71. The lowest BCUT2D eigenvalue weighted by Gasteiger charge is -2.49. The first-order chi connectivity index (χ1) is 18.7. The molecule has 2 fully saturated rings. The van der Waals surface area contributed by atoms with Gasteiger partial charge >= 0.3 is 11.9 Å². The van der Waals surface area contributed by atoms with E-state index in [0.29, 0.717) is 12.1 Å². The first-order valence-electron chi connectivity index (χ1n) is 13.9. The number of ether oxygens (including phenoxy) is 6. The summed E-state index contributed by atoms with van der Waals surface area (Å²) in [5.41, 5.74) is 0.679. The van der Waals surface area contributed by atoms with Crippen LogP contribution in [0, 0.1) is 29.6 Å². The van der Waals surface area contributed by atoms with Gasteiger partial charge in [-0.05, 0) is 38.0 Å². The molecule has 1 saturated heterocycles. The van der Waals surface area contributed by atoms with Gasteiger partial charge in [-0.1, -0.05) is 32.1 Å². The summed E-state index contributed by atoms with van der Waals surface area (Å²) in [5, 5.41) is 0. The number of aromatic nitrogens is 1. The minimum absolute atomic E-state index is 0.0212. The van der Waals surface area contributed by atoms with Crippen molar-refractivity contribution in [3.63, 3.8) is 0 Å². The van der Waals surface area contributed by atoms with E-state index in [4.69, 9.17) is 28.4 Å². The summed E-state index contributed by atoms with van der Waals surface area (Å²) in [6, 6.07) is 3.47. The van der Waals surface area contributed by atoms with E-state index in [2.05, 4.69) is 37.1 Å². The molecule has 2 aliphatic heterocycles. The Morgan fingerprint density at radius 1 is 1.15 bits per heavy atom. The number of hydrogen-bond donors (Lipinski definition) is 1. The lowest BCUT2D eigenvalue weighted by molar-refractivity contribution is -0.173. The highest BCUT2D eigenvalue weighted by molar-refractivity contribution is 5.87. The summed E-state index contributed by atoms with van der Waals surface area (Å²) in [4.78, 5) is 29.3. The standard InChI is InChI=1S/C30H41NO8/c1-15-13-16(2)30-19(14-22(35-6)29(33)37-24(15)18(4)34-5)10-11-20-23(30)25(36-7)17(3)26(27(20)39-30)38-28(32)21-9-8-12-31-21/h8-13,15,17-20,22-27,31H,14H2,1-7H3/b16-13+/t15-,17-,18-,19-,20-,22+,23+,24+,25-,26-,27-,30+/m1/s1. The van der Waals surface area contributed by atoms with Gasteiger partial charge in [0, 0.05) is 57.1 Å². The third-order valence-corrected chi connectivity index (χ3v) is 9.53. The SMILES string of the molecule is CO[C@@H]1[C@@H](C)[C@@H](OC(=O)c2ccc[nH]2)[C@@H]2O[C@@]34/C(C)=C/[C@@H](C)[C@@H]([C@@H](C)OC)OC(=O)[C@@H](OC)C[C@H]3C=C[C@@H]2[C@@H]14. The number of cyclic esters (lactones) is 1. The minimum Gasteiger partial charge on any atom is -0.457 e. The van der Waals surface area contributed by atoms with Gasteiger partial charge in [0.25, 0.3) is 0 Å². The van der Waals surface area contributed by atoms with Crippen molar-refractivity contribution in [2.24, 2.45) is 29.6 Å². The van der Waals surface area contributed by atoms with Crippen molar-refractivity contribution in [3.05, 3.63) is 47.8 Å². The van der Waals surface area contributed by atoms with Crippen molar-refractivity contribution in [1.29, 1.82) is 0 Å². The number of carbonyl (C=O) groups excluding carboxylic acids is 2. The molecule has 0 unspecified atom stereocenters. The quantitative estimate of drug-likeness (QED) is 0.428. The first kappa shape index (κ1) is 28.1. The molecule has 1 saturated carbocycles. The van der Waals surface area contributed by atoms with E-state index < -0.39 is 35.9 Å². The van der Waals surface area contributed by atoms with E-state index in [1.807, 2.05) is 13.8 Å². The second-order valence-electron chi connectivity index (χ2n) is 11.5. The van der Waals surface area contributed by atoms with Crippen LogP contribution < -0.4 is 0 Å². The van der Waals surface area contributed by atoms with Crippen molar-refractivity contribution >= 4 is 11.9 Å². The molecule has 9 heteroatoms. The smallest absolute Gasteiger partial charge is 0.355 e. The summed E-state index contributed by atoms with van der Waals surface area (Å²) in [5.74, 6) is -1.32. The van der Waals surface area contributed by atoms with Gasteiger partial charge in [0.2, 0.25) is 0 Å². The Balaban J connectivity index is 1.60. The van der Waals surface area contributed by atoms with E-state index in [1.54, 1.807) is 32.5 Å². The van der Waals surface area contributed by atoms with Crippen LogP contribution in [0.3, 0.4) is 0 Å². The number of methoxy groups -OCH3 is 3. The second kappa shape index (κ2) is 10.8. The fourth-order valence-corrected chi connectivity index (χ4v) is 7.60. The van der Waals surface area contributed by atoms with Crippen molar-refractivity contribution < 1.29 is 38.0 Å². The van der Waals surface area contributed by atoms with Gasteiger partial charge in [0.15, 0.2) is 6.10 Å². The van der Waals surface area contributed by atoms with Crippen molar-refractivity contribution in [2.75, 3.05) is 21.3 Å². The molecule has 12 atom stereocenters. The van der Waals surface area contributed by atoms with Crippen LogP contribution in [0.4, 0.5) is 0 Å². The number of aromatic amines is 1. The van der Waals surface area contributed by atoms with Gasteiger partial charge in [-0.3, -0.25) is 0 Å². The summed E-state index contributed by atoms with van der Waals surface area (Å²) in [6.07, 6.45) is 5.84. The molecule has 214 valence electrons. The summed E-state index contributed by atoms with van der Waals surface area (Å²) in [7, 11) is 4.86. The summed E-state index contributed by atoms with van der Waals surface area (Å²) < 4.78 is 36.7. The van der Waals surface area contributed by atoms with Crippen molar-refractivity contribution in [2.45, 2.75) is 76.3 Å². The maximum atomic E-state index is 13.3. The largest absolute Gasteiger partial charge is 0.457 e. The zero-order valence-electron chi connectivity index (χ0n) is 23.8. The summed E-state index contributed by atoms with van der Waals surface area (Å²) in [6.45, 7) is 8.09. The lowest BCUT2D eigenvalue weighted by atomic mass is 9.57. The third kappa shape index (κ3) is 4.47. The molecule has 2 aliphatic carbocycles. The molecule has 1 N–H and O–H groups in total. The van der Waals surface area contributed by atoms with E-state index in [-0.39, 0.29) is 47.9 Å². The van der Waals surface area contributed by atoms with Crippen LogP contribution in [-0.2, 0) is 33.2 Å². The molecule has 4 bridgehead atoms. The molecule has 0 aromatic carbocycles. The van der Waals surface area contributed by atoms with Crippen LogP contribution in [0.1, 0.15) is 44.6 Å². The normalized spacial score (nSPS) is 43.6. The van der Waals surface area contributed by atoms with E-state index in [9.17, 15) is 9.59 Å². The Hall–Kier alpha value is -2.46. The van der Waals surface area contributed by atoms with Gasteiger partial charge < -0.3 is 33.4 Å². The Morgan fingerprint density at radius 2 is 1.92 bits per heavy atom. The van der Waals surface area contributed by atoms with Gasteiger partial charge in [-0.15, -0.1) is 0 Å². The molecule has 4 aliphatic rings. The highest BCUT2D eigenvalue weighted by Gasteiger charge is 2.69. The predicted molar refractivity (Wildman–Crippen MR) is 142 cm³/mol. The van der Waals surface area contributed by atoms with Gasteiger partial charge in [0.1, 0.15) is 29.6 Å². The second-order valence-corrected chi connectivity index (χ2v) is 11.5. The molecular weight excluding hydrogens is 502 g/mol. The molecule has 1 aromatic rings. The molecule has 0 radical (unpaired) electrons. The van der Waals surface area contributed by atoms with Crippen LogP contribution in [0.15, 0.2) is 42.1 Å². The van der Waals surface area contributed by atoms with Crippen LogP contribution in [0.25, 0.3) is 0 Å². The van der Waals surface area contributed by atoms with Crippen LogP contribution in [0.5, 0.6) is 0 Å². The Kier molecular flexibility index (Phi) is 7.81. The van der Waals surface area contributed by atoms with Gasteiger partial charge in [-0.2, -0.15) is 0 Å². The first-order valence-corrected chi connectivity index (χ1v) is 13.9. The zero-order chi connectivity index (χ0) is 28.1. The van der Waals surface area contributed by atoms with Gasteiger partial charge in [-0.25, -0.2) is 9.59 Å². The average molecular weight is 544 g/mol. The maximum Gasteiger partial charge on any atom is 0.355 e. The number of rotatable bonds is 6. The monoisotopic (exact) mass is 543 g/mol. The Morgan fingerprint density at radius 3 is 2.56 bits per heavy atom. The molecule has 39 heavy (non-hydrogen) atoms. The molecular formula is C30H41NO8. The van der Waals surface area contributed by atoms with Gasteiger partial charge in [0.05, 0.1) is 12.2 Å². The van der Waals surface area contributed by atoms with Crippen LogP contribution in [0.2, 0.25) is 0 Å². The Labute approximate surface area is 230 Å². The number of H-pyrrole nitrogens is 1. The number of esters is 2. The fraction of sp³-hybridized carbons (Fsp3) is 0.667. The maximum absolute atomic E-state index is 13.3. The van der Waals surface area contributed by atoms with Crippen LogP contribution >= 0.6 is 0 Å². The highest BCUT2D eigenvalue weighted by Crippen LogP contribution is 2.61. The third-order valence-electron chi connectivity index (χ3n) is 9.53. The highest BCUT2D eigenvalue weighted by atomic mass is 16.6. The minimum atomic E-state index is -0.776. The molecule has 1 spiro atoms. The molecule has 9 nitrogen and oxygen atoms in total. The summed E-state index contributed by atoms with van der Waals surface area (Å²) >= 11 is 0. The van der Waals surface area contributed by atoms with Crippen molar-refractivity contribution in [1.82, 2.24) is 4.98 Å². The Bertz CT molecular complexity index is 1110. The lowest BCUT2D eigenvalue weighted by Crippen LogP contribution is -2.57. The van der Waals surface area contributed by atoms with E-state index >= 15 is 0 Å². The zero-order valence-corrected chi connectivity index (χ0v) is 23.8. The van der Waals surface area contributed by atoms with E-state index in [1.165, 1.54) is 7.11 Å². The average Bonchev–Trinajstić information content (AvgIpc) is 3.51. The molecule has 3 heterocycles. The number of nitrogens with one attached hydrogen (secondary N) is 1. The molecule has 1 aromatic heterocycles. The topological polar surface area (TPSA) is 105 Å². The molecule has 5 rings (SSSR count). The number of carbonyl (C=O) groups is 2. The van der Waals surface area contributed by atoms with Crippen LogP contribution in [-0.4, -0.2) is 80.5 Å². The molecule has 0 amide bonds. The van der Waals surface area contributed by atoms with E-state index in [0.717, 1.165) is 5.57 Å². The van der Waals surface area contributed by atoms with Crippen molar-refractivity contribution in [3.8, 4) is 0 Å². The fourth-order valence-electron chi connectivity index (χ4n) is 7.60. The number of hydrogen-bond acceptors (Lipinski definition) is 8.